The maximum atomic E-state index is 12.5. The summed E-state index contributed by atoms with van der Waals surface area (Å²) in [5.74, 6) is 1.04. The number of benzene rings is 2. The Morgan fingerprint density at radius 3 is 2.10 bits per heavy atom. The quantitative estimate of drug-likeness (QED) is 0.621. The molecule has 2 aromatic rings. The van der Waals surface area contributed by atoms with E-state index in [-0.39, 0.29) is 10.8 Å². The first-order chi connectivity index (χ1) is 13.8. The molecular weight excluding hydrogens is 388 g/mol. The van der Waals surface area contributed by atoms with Crippen molar-refractivity contribution < 1.29 is 17.9 Å². The van der Waals surface area contributed by atoms with Gasteiger partial charge in [-0.15, -0.1) is 0 Å². The summed E-state index contributed by atoms with van der Waals surface area (Å²) in [6.07, 6.45) is 0.974. The van der Waals surface area contributed by atoms with Crippen LogP contribution in [0.5, 0.6) is 5.75 Å². The number of anilines is 1. The Bertz CT molecular complexity index is 887. The van der Waals surface area contributed by atoms with E-state index < -0.39 is 10.0 Å². The van der Waals surface area contributed by atoms with E-state index in [4.69, 9.17) is 4.74 Å². The molecule has 0 saturated heterocycles. The van der Waals surface area contributed by atoms with E-state index in [2.05, 4.69) is 19.2 Å². The van der Waals surface area contributed by atoms with Gasteiger partial charge in [-0.3, -0.25) is 4.79 Å². The summed E-state index contributed by atoms with van der Waals surface area (Å²) in [5, 5.41) is 2.78. The van der Waals surface area contributed by atoms with Crippen molar-refractivity contribution >= 4 is 21.6 Å². The molecule has 0 radical (unpaired) electrons. The second kappa shape index (κ2) is 10.4. The molecule has 0 aliphatic rings. The lowest BCUT2D eigenvalue weighted by Crippen LogP contribution is -2.30. The largest absolute Gasteiger partial charge is 0.494 e. The smallest absolute Gasteiger partial charge is 0.255 e. The number of hydrogen-bond donors (Lipinski definition) is 1. The standard InChI is InChI=1S/C22H30N2O4S/c1-5-24(6-2)29(26,27)21-13-9-19(10-14-21)23-22(25)18-7-11-20(12-8-18)28-16-15-17(3)4/h7-14,17H,5-6,15-16H2,1-4H3,(H,23,25). The Kier molecular flexibility index (Phi) is 8.22. The van der Waals surface area contributed by atoms with Crippen LogP contribution in [0, 0.1) is 5.92 Å². The molecule has 0 spiro atoms. The maximum Gasteiger partial charge on any atom is 0.255 e. The van der Waals surface area contributed by atoms with Crippen LogP contribution in [-0.2, 0) is 10.0 Å². The zero-order valence-corrected chi connectivity index (χ0v) is 18.3. The molecule has 0 aromatic heterocycles. The Morgan fingerprint density at radius 1 is 1.00 bits per heavy atom. The second-order valence-electron chi connectivity index (χ2n) is 7.12. The van der Waals surface area contributed by atoms with Gasteiger partial charge in [0.2, 0.25) is 10.0 Å². The maximum absolute atomic E-state index is 12.5. The van der Waals surface area contributed by atoms with Crippen molar-refractivity contribution in [2.75, 3.05) is 25.0 Å². The normalized spacial score (nSPS) is 11.7. The molecule has 0 atom stereocenters. The summed E-state index contributed by atoms with van der Waals surface area (Å²) in [6.45, 7) is 9.35. The van der Waals surface area contributed by atoms with Gasteiger partial charge in [-0.2, -0.15) is 4.31 Å². The summed E-state index contributed by atoms with van der Waals surface area (Å²) >= 11 is 0. The Balaban J connectivity index is 2.00. The summed E-state index contributed by atoms with van der Waals surface area (Å²) in [5.41, 5.74) is 1.03. The Labute approximate surface area is 173 Å². The van der Waals surface area contributed by atoms with Crippen LogP contribution in [0.15, 0.2) is 53.4 Å². The third kappa shape index (κ3) is 6.30. The van der Waals surface area contributed by atoms with E-state index in [0.29, 0.717) is 36.9 Å². The topological polar surface area (TPSA) is 75.7 Å². The van der Waals surface area contributed by atoms with Gasteiger partial charge in [-0.05, 0) is 60.9 Å². The van der Waals surface area contributed by atoms with Crippen LogP contribution in [0.4, 0.5) is 5.69 Å². The molecule has 0 heterocycles. The fourth-order valence-electron chi connectivity index (χ4n) is 2.74. The monoisotopic (exact) mass is 418 g/mol. The number of rotatable bonds is 10. The van der Waals surface area contributed by atoms with Crippen LogP contribution in [-0.4, -0.2) is 38.3 Å². The summed E-state index contributed by atoms with van der Waals surface area (Å²) in [4.78, 5) is 12.6. The van der Waals surface area contributed by atoms with Crippen molar-refractivity contribution in [3.8, 4) is 5.75 Å². The molecule has 6 nitrogen and oxygen atoms in total. The molecule has 29 heavy (non-hydrogen) atoms. The predicted molar refractivity (Wildman–Crippen MR) is 116 cm³/mol. The molecule has 0 fully saturated rings. The summed E-state index contributed by atoms with van der Waals surface area (Å²) < 4.78 is 32.1. The van der Waals surface area contributed by atoms with Crippen LogP contribution in [0.2, 0.25) is 0 Å². The minimum Gasteiger partial charge on any atom is -0.494 e. The van der Waals surface area contributed by atoms with E-state index in [1.165, 1.54) is 16.4 Å². The highest BCUT2D eigenvalue weighted by Crippen LogP contribution is 2.19. The first-order valence-electron chi connectivity index (χ1n) is 9.92. The van der Waals surface area contributed by atoms with Crippen molar-refractivity contribution in [2.24, 2.45) is 5.92 Å². The van der Waals surface area contributed by atoms with Gasteiger partial charge in [0.05, 0.1) is 11.5 Å². The van der Waals surface area contributed by atoms with E-state index in [1.54, 1.807) is 50.2 Å². The van der Waals surface area contributed by atoms with Gasteiger partial charge in [0.15, 0.2) is 0 Å². The average Bonchev–Trinajstić information content (AvgIpc) is 2.69. The SMILES string of the molecule is CCN(CC)S(=O)(=O)c1ccc(NC(=O)c2ccc(OCCC(C)C)cc2)cc1. The third-order valence-corrected chi connectivity index (χ3v) is 6.60. The zero-order chi connectivity index (χ0) is 21.4. The molecule has 0 bridgehead atoms. The average molecular weight is 419 g/mol. The Hall–Kier alpha value is -2.38. The van der Waals surface area contributed by atoms with Crippen LogP contribution < -0.4 is 10.1 Å². The lowest BCUT2D eigenvalue weighted by molar-refractivity contribution is 0.102. The number of amides is 1. The van der Waals surface area contributed by atoms with Crippen molar-refractivity contribution in [3.63, 3.8) is 0 Å². The van der Waals surface area contributed by atoms with E-state index in [1.807, 2.05) is 0 Å². The molecule has 158 valence electrons. The van der Waals surface area contributed by atoms with Gasteiger partial charge >= 0.3 is 0 Å². The highest BCUT2D eigenvalue weighted by molar-refractivity contribution is 7.89. The highest BCUT2D eigenvalue weighted by atomic mass is 32.2. The van der Waals surface area contributed by atoms with Crippen molar-refractivity contribution in [2.45, 2.75) is 39.0 Å². The van der Waals surface area contributed by atoms with Crippen LogP contribution in [0.25, 0.3) is 0 Å². The van der Waals surface area contributed by atoms with Crippen LogP contribution >= 0.6 is 0 Å². The molecule has 1 amide bonds. The molecule has 0 unspecified atom stereocenters. The number of nitrogens with zero attached hydrogens (tertiary/aromatic N) is 1. The number of carbonyl (C=O) groups is 1. The van der Waals surface area contributed by atoms with Gasteiger partial charge in [-0.25, -0.2) is 8.42 Å². The van der Waals surface area contributed by atoms with Crippen LogP contribution in [0.3, 0.4) is 0 Å². The minimum atomic E-state index is -3.51. The van der Waals surface area contributed by atoms with E-state index in [9.17, 15) is 13.2 Å². The lowest BCUT2D eigenvalue weighted by atomic mass is 10.1. The zero-order valence-electron chi connectivity index (χ0n) is 17.5. The molecule has 1 N–H and O–H groups in total. The number of ether oxygens (including phenoxy) is 1. The minimum absolute atomic E-state index is 0.210. The third-order valence-electron chi connectivity index (χ3n) is 4.54. The number of nitrogens with one attached hydrogen (secondary N) is 1. The number of hydrogen-bond acceptors (Lipinski definition) is 4. The lowest BCUT2D eigenvalue weighted by Gasteiger charge is -2.18. The van der Waals surface area contributed by atoms with Gasteiger partial charge in [0.25, 0.3) is 5.91 Å². The highest BCUT2D eigenvalue weighted by Gasteiger charge is 2.21. The van der Waals surface area contributed by atoms with Gasteiger partial charge < -0.3 is 10.1 Å². The predicted octanol–water partition coefficient (Wildman–Crippen LogP) is 4.39. The summed E-state index contributed by atoms with van der Waals surface area (Å²) in [6, 6.07) is 13.2. The molecule has 0 aliphatic carbocycles. The van der Waals surface area contributed by atoms with E-state index in [0.717, 1.165) is 12.2 Å². The van der Waals surface area contributed by atoms with Crippen molar-refractivity contribution in [1.82, 2.24) is 4.31 Å². The molecule has 2 rings (SSSR count). The molecule has 7 heteroatoms. The van der Waals surface area contributed by atoms with Crippen molar-refractivity contribution in [3.05, 3.63) is 54.1 Å². The first kappa shape index (κ1) is 22.9. The number of carbonyl (C=O) groups excluding carboxylic acids is 1. The molecular formula is C22H30N2O4S. The number of sulfonamides is 1. The van der Waals surface area contributed by atoms with E-state index >= 15 is 0 Å². The van der Waals surface area contributed by atoms with Gasteiger partial charge in [0, 0.05) is 24.3 Å². The molecule has 0 aliphatic heterocycles. The molecule has 0 saturated carbocycles. The second-order valence-corrected chi connectivity index (χ2v) is 9.06. The summed E-state index contributed by atoms with van der Waals surface area (Å²) in [7, 11) is -3.51. The first-order valence-corrected chi connectivity index (χ1v) is 11.4. The Morgan fingerprint density at radius 2 is 1.59 bits per heavy atom. The fourth-order valence-corrected chi connectivity index (χ4v) is 4.20. The van der Waals surface area contributed by atoms with Gasteiger partial charge in [-0.1, -0.05) is 27.7 Å². The van der Waals surface area contributed by atoms with Gasteiger partial charge in [0.1, 0.15) is 5.75 Å². The molecule has 2 aromatic carbocycles. The van der Waals surface area contributed by atoms with Crippen molar-refractivity contribution in [1.29, 1.82) is 0 Å². The van der Waals surface area contributed by atoms with Crippen LogP contribution in [0.1, 0.15) is 44.5 Å². The fraction of sp³-hybridized carbons (Fsp3) is 0.409.